The first-order chi connectivity index (χ1) is 5.17. The van der Waals surface area contributed by atoms with Crippen LogP contribution in [0.5, 0.6) is 0 Å². The Morgan fingerprint density at radius 3 is 1.75 bits per heavy atom. The third-order valence-corrected chi connectivity index (χ3v) is 1.91. The number of halogens is 3. The quantitative estimate of drug-likeness (QED) is 0.620. The second-order valence-electron chi connectivity index (χ2n) is 4.11. The zero-order valence-corrected chi connectivity index (χ0v) is 8.13. The largest absolute Gasteiger partial charge is 0.280 e. The third kappa shape index (κ3) is 3.46. The van der Waals surface area contributed by atoms with Gasteiger partial charge < -0.3 is 0 Å². The molecule has 0 spiro atoms. The van der Waals surface area contributed by atoms with Gasteiger partial charge in [-0.1, -0.05) is 13.8 Å². The zero-order chi connectivity index (χ0) is 9.99. The van der Waals surface area contributed by atoms with Crippen LogP contribution in [0.25, 0.3) is 0 Å². The maximum absolute atomic E-state index is 12.9. The Kier molecular flexibility index (Phi) is 3.60. The van der Waals surface area contributed by atoms with Crippen molar-refractivity contribution in [3.8, 4) is 0 Å². The summed E-state index contributed by atoms with van der Waals surface area (Å²) in [5.41, 5.74) is -2.40. The van der Waals surface area contributed by atoms with Gasteiger partial charge in [-0.25, -0.2) is 13.2 Å². The van der Waals surface area contributed by atoms with Crippen LogP contribution >= 0.6 is 0 Å². The first-order valence-corrected chi connectivity index (χ1v) is 4.23. The van der Waals surface area contributed by atoms with Gasteiger partial charge in [0.25, 0.3) is 5.92 Å². The van der Waals surface area contributed by atoms with Crippen LogP contribution < -0.4 is 0 Å². The van der Waals surface area contributed by atoms with E-state index in [1.807, 2.05) is 13.8 Å². The Balaban J connectivity index is 4.05. The molecule has 0 nitrogen and oxygen atoms in total. The van der Waals surface area contributed by atoms with Gasteiger partial charge in [0.1, 0.15) is 0 Å². The van der Waals surface area contributed by atoms with E-state index < -0.39 is 11.6 Å². The summed E-state index contributed by atoms with van der Waals surface area (Å²) in [5.74, 6) is -3.00. The molecule has 0 amide bonds. The molecule has 0 bridgehead atoms. The molecule has 0 radical (unpaired) electrons. The number of hydrogen-bond donors (Lipinski definition) is 0. The highest BCUT2D eigenvalue weighted by Gasteiger charge is 2.46. The molecule has 0 heterocycles. The van der Waals surface area contributed by atoms with Crippen molar-refractivity contribution in [2.45, 2.75) is 52.1 Å². The first-order valence-electron chi connectivity index (χ1n) is 4.23. The Morgan fingerprint density at radius 1 is 1.08 bits per heavy atom. The van der Waals surface area contributed by atoms with Crippen LogP contribution in [0.15, 0.2) is 0 Å². The van der Waals surface area contributed by atoms with Crippen LogP contribution in [0, 0.1) is 5.92 Å². The number of hydrogen-bond acceptors (Lipinski definition) is 0. The molecular weight excluding hydrogens is 165 g/mol. The van der Waals surface area contributed by atoms with Gasteiger partial charge in [0, 0.05) is 6.42 Å². The molecule has 0 aliphatic carbocycles. The lowest BCUT2D eigenvalue weighted by molar-refractivity contribution is -0.127. The summed E-state index contributed by atoms with van der Waals surface area (Å²) in [6, 6.07) is 0. The van der Waals surface area contributed by atoms with E-state index in [2.05, 4.69) is 0 Å². The van der Waals surface area contributed by atoms with Crippen LogP contribution in [-0.4, -0.2) is 11.6 Å². The van der Waals surface area contributed by atoms with Crippen molar-refractivity contribution in [2.24, 2.45) is 5.92 Å². The summed E-state index contributed by atoms with van der Waals surface area (Å²) in [7, 11) is 0. The third-order valence-electron chi connectivity index (χ3n) is 1.91. The van der Waals surface area contributed by atoms with Crippen LogP contribution in [0.4, 0.5) is 13.2 Å². The van der Waals surface area contributed by atoms with E-state index in [1.54, 1.807) is 0 Å². The van der Waals surface area contributed by atoms with Crippen molar-refractivity contribution in [3.63, 3.8) is 0 Å². The van der Waals surface area contributed by atoms with Crippen molar-refractivity contribution in [2.75, 3.05) is 0 Å². The predicted molar refractivity (Wildman–Crippen MR) is 44.2 cm³/mol. The minimum absolute atomic E-state index is 0.193. The summed E-state index contributed by atoms with van der Waals surface area (Å²) >= 11 is 0. The molecule has 0 aromatic carbocycles. The fourth-order valence-electron chi connectivity index (χ4n) is 0.767. The van der Waals surface area contributed by atoms with E-state index in [4.69, 9.17) is 0 Å². The van der Waals surface area contributed by atoms with Crippen LogP contribution in [0.2, 0.25) is 0 Å². The van der Waals surface area contributed by atoms with Gasteiger partial charge in [-0.05, 0) is 26.2 Å². The average molecular weight is 182 g/mol. The Hall–Kier alpha value is -0.210. The van der Waals surface area contributed by atoms with E-state index in [-0.39, 0.29) is 12.3 Å². The molecule has 0 saturated carbocycles. The molecule has 0 fully saturated rings. The average Bonchev–Trinajstić information content (AvgIpc) is 1.81. The second-order valence-corrected chi connectivity index (χ2v) is 4.11. The van der Waals surface area contributed by atoms with Crippen molar-refractivity contribution < 1.29 is 13.2 Å². The lowest BCUT2D eigenvalue weighted by Crippen LogP contribution is -2.38. The van der Waals surface area contributed by atoms with Gasteiger partial charge in [0.15, 0.2) is 5.67 Å². The summed E-state index contributed by atoms with van der Waals surface area (Å²) in [6.45, 7) is 5.54. The maximum Gasteiger partial charge on any atom is 0.280 e. The minimum Gasteiger partial charge on any atom is -0.238 e. The van der Waals surface area contributed by atoms with Crippen molar-refractivity contribution in [1.82, 2.24) is 0 Å². The molecule has 0 unspecified atom stereocenters. The molecule has 0 N–H and O–H groups in total. The standard InChI is InChI=1S/C9H17F3/c1-7(2)5-6-9(11,12)8(3,4)10/h7H,5-6H2,1-4H3. The van der Waals surface area contributed by atoms with E-state index in [0.717, 1.165) is 13.8 Å². The minimum atomic E-state index is -3.20. The highest BCUT2D eigenvalue weighted by molar-refractivity contribution is 4.85. The monoisotopic (exact) mass is 182 g/mol. The molecule has 0 aliphatic rings. The zero-order valence-electron chi connectivity index (χ0n) is 8.13. The summed E-state index contributed by atoms with van der Waals surface area (Å²) in [5, 5.41) is 0. The molecule has 0 aromatic rings. The molecule has 0 atom stereocenters. The maximum atomic E-state index is 12.9. The normalized spacial score (nSPS) is 14.0. The first kappa shape index (κ1) is 11.8. The summed E-state index contributed by atoms with van der Waals surface area (Å²) in [4.78, 5) is 0. The molecule has 3 heteroatoms. The van der Waals surface area contributed by atoms with Gasteiger partial charge in [-0.2, -0.15) is 0 Å². The highest BCUT2D eigenvalue weighted by atomic mass is 19.3. The molecule has 0 rings (SSSR count). The highest BCUT2D eigenvalue weighted by Crippen LogP contribution is 2.36. The van der Waals surface area contributed by atoms with Gasteiger partial charge in [-0.3, -0.25) is 0 Å². The topological polar surface area (TPSA) is 0 Å². The van der Waals surface area contributed by atoms with Gasteiger partial charge in [-0.15, -0.1) is 0 Å². The van der Waals surface area contributed by atoms with Crippen LogP contribution in [-0.2, 0) is 0 Å². The lowest BCUT2D eigenvalue weighted by atomic mass is 9.95. The molecule has 0 aliphatic heterocycles. The van der Waals surface area contributed by atoms with Gasteiger partial charge in [0.2, 0.25) is 0 Å². The number of alkyl halides is 3. The molecule has 74 valence electrons. The van der Waals surface area contributed by atoms with Crippen molar-refractivity contribution >= 4 is 0 Å². The van der Waals surface area contributed by atoms with Crippen molar-refractivity contribution in [3.05, 3.63) is 0 Å². The van der Waals surface area contributed by atoms with Gasteiger partial charge in [0.05, 0.1) is 0 Å². The fourth-order valence-corrected chi connectivity index (χ4v) is 0.767. The molecule has 0 aromatic heterocycles. The van der Waals surface area contributed by atoms with E-state index in [9.17, 15) is 13.2 Å². The smallest absolute Gasteiger partial charge is 0.238 e. The Morgan fingerprint density at radius 2 is 1.50 bits per heavy atom. The van der Waals surface area contributed by atoms with E-state index in [1.165, 1.54) is 0 Å². The summed E-state index contributed by atoms with van der Waals surface area (Å²) < 4.78 is 38.7. The lowest BCUT2D eigenvalue weighted by Gasteiger charge is -2.27. The second kappa shape index (κ2) is 3.67. The predicted octanol–water partition coefficient (Wildman–Crippen LogP) is 3.81. The van der Waals surface area contributed by atoms with E-state index in [0.29, 0.717) is 6.42 Å². The van der Waals surface area contributed by atoms with Gasteiger partial charge >= 0.3 is 0 Å². The van der Waals surface area contributed by atoms with Crippen LogP contribution in [0.3, 0.4) is 0 Å². The van der Waals surface area contributed by atoms with Crippen molar-refractivity contribution in [1.29, 1.82) is 0 Å². The van der Waals surface area contributed by atoms with Crippen LogP contribution in [0.1, 0.15) is 40.5 Å². The molecular formula is C9H17F3. The summed E-state index contributed by atoms with van der Waals surface area (Å²) in [6.07, 6.45) is -0.00544. The van der Waals surface area contributed by atoms with E-state index >= 15 is 0 Å². The Bertz CT molecular complexity index is 133. The fraction of sp³-hybridized carbons (Fsp3) is 1.00. The SMILES string of the molecule is CC(C)CCC(F)(F)C(C)(C)F. The molecule has 12 heavy (non-hydrogen) atoms. The molecule has 0 saturated heterocycles. The number of rotatable bonds is 4. The Labute approximate surface area is 72.2 Å².